The molecule has 4 rings (SSSR count). The van der Waals surface area contributed by atoms with Crippen LogP contribution in [0.4, 0.5) is 0 Å². The summed E-state index contributed by atoms with van der Waals surface area (Å²) in [6, 6.07) is 14.9. The second-order valence-electron chi connectivity index (χ2n) is 7.42. The van der Waals surface area contributed by atoms with Gasteiger partial charge >= 0.3 is 5.97 Å². The Morgan fingerprint density at radius 1 is 0.966 bits per heavy atom. The maximum absolute atomic E-state index is 12.9. The molecule has 2 amide bonds. The van der Waals surface area contributed by atoms with Crippen molar-refractivity contribution in [3.05, 3.63) is 70.8 Å². The number of hydrogen-bond donors (Lipinski definition) is 0. The minimum absolute atomic E-state index is 0.0160. The molecule has 0 N–H and O–H groups in total. The van der Waals surface area contributed by atoms with Crippen molar-refractivity contribution in [1.29, 1.82) is 0 Å². The van der Waals surface area contributed by atoms with Crippen LogP contribution in [-0.4, -0.2) is 59.9 Å². The number of hydrogen-bond acceptors (Lipinski definition) is 4. The van der Waals surface area contributed by atoms with Gasteiger partial charge in [0.05, 0.1) is 5.56 Å². The van der Waals surface area contributed by atoms with Crippen LogP contribution >= 0.6 is 0 Å². The van der Waals surface area contributed by atoms with Crippen molar-refractivity contribution in [2.24, 2.45) is 0 Å². The Morgan fingerprint density at radius 2 is 1.62 bits per heavy atom. The summed E-state index contributed by atoms with van der Waals surface area (Å²) in [5.74, 6) is -0.653. The third-order valence-corrected chi connectivity index (χ3v) is 5.66. The summed E-state index contributed by atoms with van der Waals surface area (Å²) in [7, 11) is 0. The maximum atomic E-state index is 12.9. The normalized spacial score (nSPS) is 18.8. The lowest BCUT2D eigenvalue weighted by molar-refractivity contribution is -0.142. The van der Waals surface area contributed by atoms with Gasteiger partial charge in [0.1, 0.15) is 0 Å². The fraction of sp³-hybridized carbons (Fsp3) is 0.348. The molecule has 2 aliphatic heterocycles. The fourth-order valence-electron chi connectivity index (χ4n) is 3.87. The van der Waals surface area contributed by atoms with Gasteiger partial charge in [-0.25, -0.2) is 4.79 Å². The van der Waals surface area contributed by atoms with Crippen molar-refractivity contribution in [1.82, 2.24) is 9.80 Å². The predicted octanol–water partition coefficient (Wildman–Crippen LogP) is 2.32. The van der Waals surface area contributed by atoms with E-state index in [4.69, 9.17) is 4.74 Å². The number of amides is 2. The van der Waals surface area contributed by atoms with Crippen molar-refractivity contribution in [2.75, 3.05) is 26.2 Å². The fourth-order valence-corrected chi connectivity index (χ4v) is 3.87. The van der Waals surface area contributed by atoms with Crippen LogP contribution in [-0.2, 0) is 22.4 Å². The van der Waals surface area contributed by atoms with Crippen molar-refractivity contribution in [3.8, 4) is 0 Å². The Labute approximate surface area is 170 Å². The first-order valence-electron chi connectivity index (χ1n) is 10.0. The number of aryl methyl sites for hydroxylation is 1. The van der Waals surface area contributed by atoms with Crippen molar-refractivity contribution >= 4 is 17.8 Å². The third kappa shape index (κ3) is 3.88. The smallest absolute Gasteiger partial charge is 0.339 e. The number of nitrogens with zero attached hydrogens (tertiary/aromatic N) is 2. The first-order chi connectivity index (χ1) is 14.1. The summed E-state index contributed by atoms with van der Waals surface area (Å²) in [5.41, 5.74) is 3.23. The van der Waals surface area contributed by atoms with E-state index in [9.17, 15) is 14.4 Å². The number of benzene rings is 2. The molecule has 0 bridgehead atoms. The monoisotopic (exact) mass is 392 g/mol. The predicted molar refractivity (Wildman–Crippen MR) is 108 cm³/mol. The van der Waals surface area contributed by atoms with Crippen LogP contribution in [0.2, 0.25) is 0 Å². The summed E-state index contributed by atoms with van der Waals surface area (Å²) in [6.07, 6.45) is 0.538. The first kappa shape index (κ1) is 19.2. The summed E-state index contributed by atoms with van der Waals surface area (Å²) < 4.78 is 5.38. The van der Waals surface area contributed by atoms with E-state index in [-0.39, 0.29) is 11.8 Å². The molecule has 1 fully saturated rings. The number of rotatable bonds is 3. The number of cyclic esters (lactones) is 1. The lowest BCUT2D eigenvalue weighted by Gasteiger charge is -2.37. The Morgan fingerprint density at radius 3 is 2.31 bits per heavy atom. The SMILES string of the molecule is CCc1ccc(C(=O)N2CCN(C(=O)C3Cc4ccccc4C(=O)O3)CC2)cc1. The van der Waals surface area contributed by atoms with Gasteiger partial charge in [0.15, 0.2) is 6.10 Å². The molecule has 1 unspecified atom stereocenters. The standard InChI is InChI=1S/C23H24N2O4/c1-2-16-7-9-17(10-8-16)21(26)24-11-13-25(14-12-24)22(27)20-15-18-5-3-4-6-19(18)23(28)29-20/h3-10,20H,2,11-15H2,1H3. The molecule has 0 radical (unpaired) electrons. The molecule has 29 heavy (non-hydrogen) atoms. The first-order valence-corrected chi connectivity index (χ1v) is 10.0. The summed E-state index contributed by atoms with van der Waals surface area (Å²) >= 11 is 0. The Bertz CT molecular complexity index is 930. The zero-order valence-corrected chi connectivity index (χ0v) is 16.5. The van der Waals surface area contributed by atoms with E-state index < -0.39 is 12.1 Å². The molecule has 2 aromatic carbocycles. The van der Waals surface area contributed by atoms with Crippen molar-refractivity contribution in [3.63, 3.8) is 0 Å². The Balaban J connectivity index is 1.36. The van der Waals surface area contributed by atoms with Crippen molar-refractivity contribution < 1.29 is 19.1 Å². The van der Waals surface area contributed by atoms with Crippen molar-refractivity contribution in [2.45, 2.75) is 25.9 Å². The molecule has 0 spiro atoms. The number of carbonyl (C=O) groups is 3. The van der Waals surface area contributed by atoms with E-state index >= 15 is 0 Å². The molecule has 2 aliphatic rings. The van der Waals surface area contributed by atoms with Crippen LogP contribution in [0.3, 0.4) is 0 Å². The Hall–Kier alpha value is -3.15. The minimum Gasteiger partial charge on any atom is -0.448 e. The minimum atomic E-state index is -0.791. The van der Waals surface area contributed by atoms with Gasteiger partial charge < -0.3 is 14.5 Å². The van der Waals surface area contributed by atoms with Gasteiger partial charge in [-0.2, -0.15) is 0 Å². The van der Waals surface area contributed by atoms with E-state index in [1.807, 2.05) is 36.4 Å². The topological polar surface area (TPSA) is 66.9 Å². The number of piperazine rings is 1. The third-order valence-electron chi connectivity index (χ3n) is 5.66. The van der Waals surface area contributed by atoms with E-state index in [1.54, 1.807) is 21.9 Å². The number of esters is 1. The molecule has 2 aromatic rings. The second kappa shape index (κ2) is 8.07. The van der Waals surface area contributed by atoms with Crippen LogP contribution in [0.15, 0.2) is 48.5 Å². The average molecular weight is 392 g/mol. The summed E-state index contributed by atoms with van der Waals surface area (Å²) in [6.45, 7) is 3.89. The highest BCUT2D eigenvalue weighted by Gasteiger charge is 2.35. The molecule has 0 saturated carbocycles. The largest absolute Gasteiger partial charge is 0.448 e. The van der Waals surface area contributed by atoms with E-state index in [1.165, 1.54) is 5.56 Å². The van der Waals surface area contributed by atoms with Gasteiger partial charge in [-0.15, -0.1) is 0 Å². The molecular weight excluding hydrogens is 368 g/mol. The quantitative estimate of drug-likeness (QED) is 0.752. The highest BCUT2D eigenvalue weighted by atomic mass is 16.5. The molecule has 0 aromatic heterocycles. The van der Waals surface area contributed by atoms with Gasteiger partial charge in [0.25, 0.3) is 11.8 Å². The molecule has 2 heterocycles. The summed E-state index contributed by atoms with van der Waals surface area (Å²) in [5, 5.41) is 0. The summed E-state index contributed by atoms with van der Waals surface area (Å²) in [4.78, 5) is 41.2. The number of carbonyl (C=O) groups excluding carboxylic acids is 3. The van der Waals surface area contributed by atoms with E-state index in [0.29, 0.717) is 43.7 Å². The number of fused-ring (bicyclic) bond motifs is 1. The highest BCUT2D eigenvalue weighted by Crippen LogP contribution is 2.22. The number of ether oxygens (including phenoxy) is 1. The lowest BCUT2D eigenvalue weighted by atomic mass is 9.98. The molecule has 6 nitrogen and oxygen atoms in total. The average Bonchev–Trinajstić information content (AvgIpc) is 2.78. The van der Waals surface area contributed by atoms with Crippen LogP contribution in [0.1, 0.15) is 38.8 Å². The molecule has 1 atom stereocenters. The highest BCUT2D eigenvalue weighted by molar-refractivity contribution is 5.96. The van der Waals surface area contributed by atoms with Gasteiger partial charge in [-0.3, -0.25) is 9.59 Å². The van der Waals surface area contributed by atoms with Gasteiger partial charge in [0, 0.05) is 38.2 Å². The lowest BCUT2D eigenvalue weighted by Crippen LogP contribution is -2.54. The Kier molecular flexibility index (Phi) is 5.34. The van der Waals surface area contributed by atoms with E-state index in [0.717, 1.165) is 12.0 Å². The molecule has 150 valence electrons. The zero-order valence-electron chi connectivity index (χ0n) is 16.5. The molecule has 0 aliphatic carbocycles. The molecule has 6 heteroatoms. The van der Waals surface area contributed by atoms with Crippen LogP contribution in [0, 0.1) is 0 Å². The van der Waals surface area contributed by atoms with Crippen LogP contribution < -0.4 is 0 Å². The zero-order chi connectivity index (χ0) is 20.4. The van der Waals surface area contributed by atoms with Gasteiger partial charge in [0.2, 0.25) is 0 Å². The van der Waals surface area contributed by atoms with E-state index in [2.05, 4.69) is 6.92 Å². The molecular formula is C23H24N2O4. The second-order valence-corrected chi connectivity index (χ2v) is 7.42. The van der Waals surface area contributed by atoms with Gasteiger partial charge in [-0.05, 0) is 35.7 Å². The van der Waals surface area contributed by atoms with Gasteiger partial charge in [-0.1, -0.05) is 37.3 Å². The van der Waals surface area contributed by atoms with Crippen LogP contribution in [0.25, 0.3) is 0 Å². The van der Waals surface area contributed by atoms with Crippen LogP contribution in [0.5, 0.6) is 0 Å². The molecule has 1 saturated heterocycles. The maximum Gasteiger partial charge on any atom is 0.339 e.